The smallest absolute Gasteiger partial charge is 0.442 e. The van der Waals surface area contributed by atoms with E-state index in [1.165, 1.54) is 4.68 Å². The molecule has 0 saturated carbocycles. The molecule has 0 saturated heterocycles. The second-order valence-electron chi connectivity index (χ2n) is 5.61. The van der Waals surface area contributed by atoms with Crippen molar-refractivity contribution in [2.45, 2.75) is 11.9 Å². The van der Waals surface area contributed by atoms with E-state index >= 15 is 0 Å². The lowest BCUT2D eigenvalue weighted by atomic mass is 10.3. The van der Waals surface area contributed by atoms with Crippen molar-refractivity contribution in [3.05, 3.63) is 59.0 Å². The Kier molecular flexibility index (Phi) is 6.38. The molecule has 146 valence electrons. The Bertz CT molecular complexity index is 980. The maximum absolute atomic E-state index is 12.2. The van der Waals surface area contributed by atoms with Crippen LogP contribution in [-0.2, 0) is 4.79 Å². The summed E-state index contributed by atoms with van der Waals surface area (Å²) in [6, 6.07) is 14.2. The second kappa shape index (κ2) is 9.14. The van der Waals surface area contributed by atoms with Crippen LogP contribution < -0.4 is 25.1 Å². The molecular formula is C19H20N3O5S+. The van der Waals surface area contributed by atoms with Gasteiger partial charge in [-0.05, 0) is 65.0 Å². The third kappa shape index (κ3) is 4.74. The van der Waals surface area contributed by atoms with Crippen LogP contribution in [0.3, 0.4) is 0 Å². The number of hydrogen-bond donors (Lipinski definition) is 2. The van der Waals surface area contributed by atoms with Crippen LogP contribution >= 0.6 is 11.8 Å². The van der Waals surface area contributed by atoms with Crippen molar-refractivity contribution in [2.75, 3.05) is 24.8 Å². The zero-order valence-corrected chi connectivity index (χ0v) is 16.2. The molecule has 0 aliphatic heterocycles. The number of ether oxygens (including phenoxy) is 2. The monoisotopic (exact) mass is 402 g/mol. The molecule has 2 N–H and O–H groups in total. The number of benzene rings is 2. The van der Waals surface area contributed by atoms with Crippen molar-refractivity contribution >= 4 is 23.4 Å². The number of hydrogen-bond acceptors (Lipinski definition) is 6. The summed E-state index contributed by atoms with van der Waals surface area (Å²) in [5, 5.41) is 5.60. The van der Waals surface area contributed by atoms with E-state index in [1.54, 1.807) is 55.6 Å². The zero-order valence-electron chi connectivity index (χ0n) is 15.4. The van der Waals surface area contributed by atoms with Crippen LogP contribution in [-0.4, -0.2) is 30.6 Å². The summed E-state index contributed by atoms with van der Waals surface area (Å²) in [6.07, 6.45) is 0. The highest BCUT2D eigenvalue weighted by atomic mass is 32.2. The number of thioether (sulfide) groups is 1. The SMILES string of the molecule is CCOc1ccc(NC(=O)CSc2c(=O)o[nH][n+]2-c2ccc(OC)cc2)cc1. The van der Waals surface area contributed by atoms with Crippen LogP contribution in [0, 0.1) is 0 Å². The van der Waals surface area contributed by atoms with Gasteiger partial charge in [-0.1, -0.05) is 0 Å². The topological polar surface area (TPSA) is 97.4 Å². The molecule has 1 aromatic heterocycles. The number of rotatable bonds is 8. The van der Waals surface area contributed by atoms with Crippen LogP contribution in [0.15, 0.2) is 62.9 Å². The number of methoxy groups -OCH3 is 1. The lowest BCUT2D eigenvalue weighted by Gasteiger charge is -2.06. The molecule has 3 aromatic rings. The molecule has 0 spiro atoms. The number of carbonyl (C=O) groups is 1. The Labute approximate surface area is 165 Å². The predicted molar refractivity (Wildman–Crippen MR) is 104 cm³/mol. The van der Waals surface area contributed by atoms with E-state index in [2.05, 4.69) is 10.6 Å². The maximum atomic E-state index is 12.2. The van der Waals surface area contributed by atoms with Crippen molar-refractivity contribution in [2.24, 2.45) is 0 Å². The number of nitrogens with one attached hydrogen (secondary N) is 2. The van der Waals surface area contributed by atoms with Crippen LogP contribution in [0.5, 0.6) is 11.5 Å². The van der Waals surface area contributed by atoms with Gasteiger partial charge in [-0.2, -0.15) is 0 Å². The van der Waals surface area contributed by atoms with Gasteiger partial charge in [0.25, 0.3) is 0 Å². The largest absolute Gasteiger partial charge is 0.497 e. The van der Waals surface area contributed by atoms with Crippen molar-refractivity contribution in [1.82, 2.24) is 5.27 Å². The standard InChI is InChI=1S/C19H19N3O5S/c1-3-26-16-8-4-13(5-9-16)20-17(23)12-28-18-19(24)27-21-22(18)14-6-10-15(25-2)11-7-14/h4-11H,3,12H2,1-2H3,(H-,20,21,23,24)/p+1. The van der Waals surface area contributed by atoms with E-state index in [0.29, 0.717) is 23.7 Å². The molecule has 0 fully saturated rings. The molecule has 3 rings (SSSR count). The Morgan fingerprint density at radius 1 is 1.14 bits per heavy atom. The van der Waals surface area contributed by atoms with Crippen LogP contribution in [0.2, 0.25) is 0 Å². The number of H-pyrrole nitrogens is 1. The Balaban J connectivity index is 1.64. The summed E-state index contributed by atoms with van der Waals surface area (Å²) < 4.78 is 16.9. The summed E-state index contributed by atoms with van der Waals surface area (Å²) in [6.45, 7) is 2.48. The lowest BCUT2D eigenvalue weighted by molar-refractivity contribution is -0.704. The number of aromatic amines is 1. The first kappa shape index (κ1) is 19.6. The molecule has 2 aromatic carbocycles. The van der Waals surface area contributed by atoms with Crippen LogP contribution in [0.1, 0.15) is 6.92 Å². The first-order chi connectivity index (χ1) is 13.6. The molecule has 1 amide bonds. The van der Waals surface area contributed by atoms with Gasteiger partial charge in [-0.3, -0.25) is 9.32 Å². The fraction of sp³-hybridized carbons (Fsp3) is 0.211. The van der Waals surface area contributed by atoms with Gasteiger partial charge < -0.3 is 14.8 Å². The molecule has 28 heavy (non-hydrogen) atoms. The van der Waals surface area contributed by atoms with Crippen molar-refractivity contribution in [1.29, 1.82) is 0 Å². The Hall–Kier alpha value is -3.20. The number of amides is 1. The summed E-state index contributed by atoms with van der Waals surface area (Å²) in [5.74, 6) is 1.24. The first-order valence-corrected chi connectivity index (χ1v) is 9.52. The normalized spacial score (nSPS) is 10.5. The van der Waals surface area contributed by atoms with E-state index in [1.807, 2.05) is 6.92 Å². The Morgan fingerprint density at radius 3 is 2.46 bits per heavy atom. The van der Waals surface area contributed by atoms with Crippen LogP contribution in [0.25, 0.3) is 5.69 Å². The second-order valence-corrected chi connectivity index (χ2v) is 6.58. The van der Waals surface area contributed by atoms with Gasteiger partial charge in [0.15, 0.2) is 0 Å². The third-order valence-electron chi connectivity index (χ3n) is 3.73. The quantitative estimate of drug-likeness (QED) is 0.444. The fourth-order valence-corrected chi connectivity index (χ4v) is 3.19. The van der Waals surface area contributed by atoms with Crippen molar-refractivity contribution in [3.63, 3.8) is 0 Å². The summed E-state index contributed by atoms with van der Waals surface area (Å²) in [4.78, 5) is 24.2. The van der Waals surface area contributed by atoms with Gasteiger partial charge in [0, 0.05) is 17.8 Å². The zero-order chi connectivity index (χ0) is 19.9. The van der Waals surface area contributed by atoms with E-state index in [9.17, 15) is 9.59 Å². The van der Waals surface area contributed by atoms with Gasteiger partial charge in [0.1, 0.15) is 11.5 Å². The molecule has 1 heterocycles. The van der Waals surface area contributed by atoms with Gasteiger partial charge in [0.2, 0.25) is 11.6 Å². The van der Waals surface area contributed by atoms with Crippen molar-refractivity contribution in [3.8, 4) is 17.2 Å². The minimum absolute atomic E-state index is 0.0476. The minimum atomic E-state index is -0.547. The van der Waals surface area contributed by atoms with E-state index in [0.717, 1.165) is 17.5 Å². The third-order valence-corrected chi connectivity index (χ3v) is 4.76. The molecule has 0 radical (unpaired) electrons. The average molecular weight is 402 g/mol. The van der Waals surface area contributed by atoms with E-state index < -0.39 is 5.63 Å². The fourth-order valence-electron chi connectivity index (χ4n) is 2.42. The van der Waals surface area contributed by atoms with Crippen LogP contribution in [0.4, 0.5) is 5.69 Å². The summed E-state index contributed by atoms with van der Waals surface area (Å²) in [5.41, 5.74) is 0.786. The van der Waals surface area contributed by atoms with Crippen molar-refractivity contribution < 1.29 is 23.5 Å². The molecule has 8 nitrogen and oxygen atoms in total. The first-order valence-electron chi connectivity index (χ1n) is 8.54. The molecular weight excluding hydrogens is 382 g/mol. The lowest BCUT2D eigenvalue weighted by Crippen LogP contribution is -2.36. The highest BCUT2D eigenvalue weighted by molar-refractivity contribution is 7.99. The number of aromatic nitrogens is 2. The average Bonchev–Trinajstić information content (AvgIpc) is 3.08. The molecule has 0 unspecified atom stereocenters. The molecule has 0 bridgehead atoms. The minimum Gasteiger partial charge on any atom is -0.497 e. The van der Waals surface area contributed by atoms with Gasteiger partial charge in [-0.25, -0.2) is 4.79 Å². The predicted octanol–water partition coefficient (Wildman–Crippen LogP) is 2.38. The number of carbonyl (C=O) groups excluding carboxylic acids is 1. The van der Waals surface area contributed by atoms with Gasteiger partial charge in [0.05, 0.1) is 19.5 Å². The number of nitrogens with zero attached hydrogens (tertiary/aromatic N) is 1. The molecule has 0 atom stereocenters. The van der Waals surface area contributed by atoms with E-state index in [4.69, 9.17) is 14.0 Å². The molecule has 0 aliphatic rings. The van der Waals surface area contributed by atoms with E-state index in [-0.39, 0.29) is 16.7 Å². The molecule has 9 heteroatoms. The number of anilines is 1. The van der Waals surface area contributed by atoms with Gasteiger partial charge >= 0.3 is 10.7 Å². The maximum Gasteiger partial charge on any atom is 0.442 e. The van der Waals surface area contributed by atoms with Gasteiger partial charge in [-0.15, -0.1) is 0 Å². The Morgan fingerprint density at radius 2 is 1.82 bits per heavy atom. The summed E-state index contributed by atoms with van der Waals surface area (Å²) in [7, 11) is 1.58. The highest BCUT2D eigenvalue weighted by Crippen LogP contribution is 2.17. The molecule has 0 aliphatic carbocycles. The highest BCUT2D eigenvalue weighted by Gasteiger charge is 2.25. The summed E-state index contributed by atoms with van der Waals surface area (Å²) >= 11 is 1.08.